The quantitative estimate of drug-likeness (QED) is 0.772. The summed E-state index contributed by atoms with van der Waals surface area (Å²) in [5.41, 5.74) is 6.34. The molecule has 2 saturated heterocycles. The molecule has 0 radical (unpaired) electrons. The van der Waals surface area contributed by atoms with Gasteiger partial charge >= 0.3 is 0 Å². The van der Waals surface area contributed by atoms with Gasteiger partial charge in [-0.05, 0) is 56.8 Å². The van der Waals surface area contributed by atoms with Crippen molar-refractivity contribution in [2.75, 3.05) is 26.2 Å². The number of carbonyl (C=O) groups excluding carboxylic acids is 1. The summed E-state index contributed by atoms with van der Waals surface area (Å²) in [5.74, 6) is 1.20. The summed E-state index contributed by atoms with van der Waals surface area (Å²) in [6.07, 6.45) is 7.83. The van der Waals surface area contributed by atoms with Crippen molar-refractivity contribution in [3.05, 3.63) is 0 Å². The van der Waals surface area contributed by atoms with E-state index in [1.165, 1.54) is 6.42 Å². The first-order valence-corrected chi connectivity index (χ1v) is 11.5. The molecule has 4 rings (SSSR count). The first-order chi connectivity index (χ1) is 12.0. The molecular formula is C18H32ClN3O3S. The van der Waals surface area contributed by atoms with Crippen molar-refractivity contribution in [3.8, 4) is 0 Å². The van der Waals surface area contributed by atoms with Gasteiger partial charge in [0.15, 0.2) is 0 Å². The lowest BCUT2D eigenvalue weighted by Gasteiger charge is -2.44. The number of rotatable bonds is 3. The molecule has 0 spiro atoms. The van der Waals surface area contributed by atoms with E-state index in [1.807, 2.05) is 4.90 Å². The predicted molar refractivity (Wildman–Crippen MR) is 103 cm³/mol. The molecule has 3 atom stereocenters. The van der Waals surface area contributed by atoms with Crippen LogP contribution in [0.4, 0.5) is 0 Å². The van der Waals surface area contributed by atoms with Crippen LogP contribution < -0.4 is 5.73 Å². The number of carbonyl (C=O) groups is 1. The SMILES string of the molecule is Cl.NC1C2CCCC1CC(C(=O)N1CCC(S(=O)(=O)N3CCCC3)C1)C2. The van der Waals surface area contributed by atoms with Gasteiger partial charge in [0, 0.05) is 38.1 Å². The highest BCUT2D eigenvalue weighted by atomic mass is 35.5. The average Bonchev–Trinajstić information content (AvgIpc) is 3.26. The molecule has 2 heterocycles. The molecule has 2 bridgehead atoms. The average molecular weight is 406 g/mol. The van der Waals surface area contributed by atoms with E-state index in [0.717, 1.165) is 38.5 Å². The molecule has 4 fully saturated rings. The first-order valence-electron chi connectivity index (χ1n) is 10.00. The van der Waals surface area contributed by atoms with E-state index in [1.54, 1.807) is 4.31 Å². The summed E-state index contributed by atoms with van der Waals surface area (Å²) < 4.78 is 27.1. The van der Waals surface area contributed by atoms with Crippen molar-refractivity contribution in [1.29, 1.82) is 0 Å². The van der Waals surface area contributed by atoms with Crippen LogP contribution in [0.15, 0.2) is 0 Å². The van der Waals surface area contributed by atoms with Gasteiger partial charge in [0.05, 0.1) is 5.25 Å². The Morgan fingerprint density at radius 1 is 0.923 bits per heavy atom. The number of sulfonamides is 1. The van der Waals surface area contributed by atoms with E-state index >= 15 is 0 Å². The van der Waals surface area contributed by atoms with Gasteiger partial charge in [-0.3, -0.25) is 4.79 Å². The highest BCUT2D eigenvalue weighted by molar-refractivity contribution is 7.89. The fraction of sp³-hybridized carbons (Fsp3) is 0.944. The lowest BCUT2D eigenvalue weighted by Crippen LogP contribution is -2.49. The molecule has 2 saturated carbocycles. The van der Waals surface area contributed by atoms with Gasteiger partial charge in [-0.2, -0.15) is 0 Å². The minimum atomic E-state index is -3.24. The maximum Gasteiger partial charge on any atom is 0.225 e. The second-order valence-corrected chi connectivity index (χ2v) is 10.8. The summed E-state index contributed by atoms with van der Waals surface area (Å²) in [6, 6.07) is 0.264. The molecule has 2 aliphatic carbocycles. The molecular weight excluding hydrogens is 374 g/mol. The smallest absolute Gasteiger partial charge is 0.225 e. The van der Waals surface area contributed by atoms with Crippen LogP contribution in [-0.2, 0) is 14.8 Å². The van der Waals surface area contributed by atoms with Gasteiger partial charge in [0.2, 0.25) is 15.9 Å². The molecule has 8 heteroatoms. The first kappa shape index (κ1) is 20.4. The molecule has 26 heavy (non-hydrogen) atoms. The standard InChI is InChI=1S/C18H31N3O3S.ClH/c19-17-13-4-3-5-14(17)11-15(10-13)18(22)20-9-6-16(12-20)25(23,24)21-7-1-2-8-21;/h13-17H,1-12,19H2;1H. The predicted octanol–water partition coefficient (Wildman–Crippen LogP) is 1.59. The van der Waals surface area contributed by atoms with Crippen LogP contribution in [0.1, 0.15) is 51.4 Å². The molecule has 3 unspecified atom stereocenters. The van der Waals surface area contributed by atoms with Crippen molar-refractivity contribution in [2.24, 2.45) is 23.5 Å². The summed E-state index contributed by atoms with van der Waals surface area (Å²) in [7, 11) is -3.24. The Labute approximate surface area is 163 Å². The van der Waals surface area contributed by atoms with Crippen LogP contribution in [0.25, 0.3) is 0 Å². The van der Waals surface area contributed by atoms with Crippen molar-refractivity contribution in [2.45, 2.75) is 62.7 Å². The van der Waals surface area contributed by atoms with Crippen LogP contribution >= 0.6 is 12.4 Å². The molecule has 0 aromatic rings. The number of fused-ring (bicyclic) bond motifs is 2. The van der Waals surface area contributed by atoms with E-state index in [0.29, 0.717) is 44.4 Å². The maximum absolute atomic E-state index is 13.0. The number of hydrogen-bond acceptors (Lipinski definition) is 4. The monoisotopic (exact) mass is 405 g/mol. The normalized spacial score (nSPS) is 38.2. The molecule has 150 valence electrons. The molecule has 4 aliphatic rings. The number of nitrogens with zero attached hydrogens (tertiary/aromatic N) is 2. The Hall–Kier alpha value is -0.370. The summed E-state index contributed by atoms with van der Waals surface area (Å²) >= 11 is 0. The third kappa shape index (κ3) is 3.64. The Kier molecular flexibility index (Phi) is 6.22. The van der Waals surface area contributed by atoms with Crippen molar-refractivity contribution >= 4 is 28.3 Å². The topological polar surface area (TPSA) is 83.7 Å². The zero-order valence-corrected chi connectivity index (χ0v) is 17.0. The number of nitrogens with two attached hydrogens (primary N) is 1. The Balaban J connectivity index is 0.00000196. The van der Waals surface area contributed by atoms with Crippen LogP contribution in [0.5, 0.6) is 0 Å². The third-order valence-electron chi connectivity index (χ3n) is 7.07. The number of likely N-dealkylation sites (tertiary alicyclic amines) is 1. The van der Waals surface area contributed by atoms with Crippen molar-refractivity contribution in [1.82, 2.24) is 9.21 Å². The van der Waals surface area contributed by atoms with Gasteiger partial charge in [-0.1, -0.05) is 6.42 Å². The summed E-state index contributed by atoms with van der Waals surface area (Å²) in [4.78, 5) is 14.8. The largest absolute Gasteiger partial charge is 0.341 e. The third-order valence-corrected chi connectivity index (χ3v) is 9.38. The van der Waals surface area contributed by atoms with Crippen LogP contribution in [0, 0.1) is 17.8 Å². The summed E-state index contributed by atoms with van der Waals surface area (Å²) in [5, 5.41) is -0.403. The van der Waals surface area contributed by atoms with Gasteiger partial charge in [-0.25, -0.2) is 12.7 Å². The van der Waals surface area contributed by atoms with Crippen molar-refractivity contribution in [3.63, 3.8) is 0 Å². The van der Waals surface area contributed by atoms with Gasteiger partial charge in [0.1, 0.15) is 0 Å². The fourth-order valence-corrected chi connectivity index (χ4v) is 7.53. The molecule has 0 aromatic carbocycles. The van der Waals surface area contributed by atoms with E-state index in [9.17, 15) is 13.2 Å². The van der Waals surface area contributed by atoms with Gasteiger partial charge in [0.25, 0.3) is 0 Å². The lowest BCUT2D eigenvalue weighted by molar-refractivity contribution is -0.137. The van der Waals surface area contributed by atoms with E-state index in [4.69, 9.17) is 5.73 Å². The minimum Gasteiger partial charge on any atom is -0.341 e. The van der Waals surface area contributed by atoms with E-state index < -0.39 is 15.3 Å². The Bertz CT molecular complexity index is 609. The molecule has 2 N–H and O–H groups in total. The number of halogens is 1. The Morgan fingerprint density at radius 3 is 2.15 bits per heavy atom. The van der Waals surface area contributed by atoms with E-state index in [2.05, 4.69) is 0 Å². The van der Waals surface area contributed by atoms with E-state index in [-0.39, 0.29) is 30.3 Å². The highest BCUT2D eigenvalue weighted by Crippen LogP contribution is 2.42. The second-order valence-electron chi connectivity index (χ2n) is 8.54. The zero-order chi connectivity index (χ0) is 17.6. The van der Waals surface area contributed by atoms with Crippen LogP contribution in [0.3, 0.4) is 0 Å². The zero-order valence-electron chi connectivity index (χ0n) is 15.4. The molecule has 1 amide bonds. The Morgan fingerprint density at radius 2 is 1.54 bits per heavy atom. The maximum atomic E-state index is 13.0. The highest BCUT2D eigenvalue weighted by Gasteiger charge is 2.44. The van der Waals surface area contributed by atoms with Crippen molar-refractivity contribution < 1.29 is 13.2 Å². The molecule has 0 aromatic heterocycles. The fourth-order valence-electron chi connectivity index (χ4n) is 5.57. The molecule has 6 nitrogen and oxygen atoms in total. The van der Waals surface area contributed by atoms with Crippen LogP contribution in [0.2, 0.25) is 0 Å². The lowest BCUT2D eigenvalue weighted by atomic mass is 9.65. The number of hydrogen-bond donors (Lipinski definition) is 1. The van der Waals surface area contributed by atoms with Crippen LogP contribution in [-0.4, -0.2) is 61.0 Å². The molecule has 2 aliphatic heterocycles. The minimum absolute atomic E-state index is 0. The van der Waals surface area contributed by atoms with Gasteiger partial charge in [-0.15, -0.1) is 12.4 Å². The number of amides is 1. The summed E-state index contributed by atoms with van der Waals surface area (Å²) in [6.45, 7) is 2.28. The second kappa shape index (κ2) is 7.94. The van der Waals surface area contributed by atoms with Gasteiger partial charge < -0.3 is 10.6 Å².